The lowest BCUT2D eigenvalue weighted by atomic mass is 10.3. The van der Waals surface area contributed by atoms with Gasteiger partial charge in [-0.05, 0) is 18.2 Å². The Labute approximate surface area is 85.7 Å². The summed E-state index contributed by atoms with van der Waals surface area (Å²) in [6.07, 6.45) is 2.96. The standard InChI is InChI=1S/C10H9FN4/c11-7-2-1-3-8(4-7)15-6-14-5-9(15)10(12)13/h1-6H,(H3,12,13). The van der Waals surface area contributed by atoms with Gasteiger partial charge in [0.2, 0.25) is 0 Å². The molecule has 1 heterocycles. The Kier molecular flexibility index (Phi) is 2.21. The van der Waals surface area contributed by atoms with E-state index in [2.05, 4.69) is 4.98 Å². The van der Waals surface area contributed by atoms with E-state index in [1.54, 1.807) is 16.7 Å². The molecule has 0 atom stereocenters. The normalized spacial score (nSPS) is 10.2. The molecular weight excluding hydrogens is 195 g/mol. The molecule has 5 heteroatoms. The van der Waals surface area contributed by atoms with E-state index in [9.17, 15) is 4.39 Å². The smallest absolute Gasteiger partial charge is 0.141 e. The highest BCUT2D eigenvalue weighted by Crippen LogP contribution is 2.12. The highest BCUT2D eigenvalue weighted by molar-refractivity contribution is 5.93. The summed E-state index contributed by atoms with van der Waals surface area (Å²) >= 11 is 0. The van der Waals surface area contributed by atoms with E-state index >= 15 is 0 Å². The van der Waals surface area contributed by atoms with Gasteiger partial charge in [-0.15, -0.1) is 0 Å². The largest absolute Gasteiger partial charge is 0.382 e. The Morgan fingerprint density at radius 3 is 2.93 bits per heavy atom. The third-order valence-electron chi connectivity index (χ3n) is 2.00. The summed E-state index contributed by atoms with van der Waals surface area (Å²) in [6, 6.07) is 6.02. The van der Waals surface area contributed by atoms with E-state index in [1.165, 1.54) is 24.7 Å². The number of nitrogens with zero attached hydrogens (tertiary/aromatic N) is 2. The van der Waals surface area contributed by atoms with Crippen molar-refractivity contribution in [3.63, 3.8) is 0 Å². The van der Waals surface area contributed by atoms with E-state index in [0.717, 1.165) is 0 Å². The Bertz CT molecular complexity index is 504. The lowest BCUT2D eigenvalue weighted by Gasteiger charge is -2.06. The van der Waals surface area contributed by atoms with Crippen molar-refractivity contribution in [1.29, 1.82) is 5.41 Å². The SMILES string of the molecule is N=C(N)c1cncn1-c1cccc(F)c1. The van der Waals surface area contributed by atoms with Crippen LogP contribution in [0.5, 0.6) is 0 Å². The van der Waals surface area contributed by atoms with Crippen molar-refractivity contribution in [2.45, 2.75) is 0 Å². The molecule has 0 aliphatic carbocycles. The first-order chi connectivity index (χ1) is 7.18. The number of halogens is 1. The van der Waals surface area contributed by atoms with Gasteiger partial charge in [0.1, 0.15) is 17.3 Å². The monoisotopic (exact) mass is 204 g/mol. The van der Waals surface area contributed by atoms with Crippen molar-refractivity contribution in [3.8, 4) is 5.69 Å². The van der Waals surface area contributed by atoms with Gasteiger partial charge in [-0.25, -0.2) is 9.37 Å². The first-order valence-electron chi connectivity index (χ1n) is 4.31. The van der Waals surface area contributed by atoms with Gasteiger partial charge in [-0.3, -0.25) is 9.98 Å². The number of hydrogen-bond acceptors (Lipinski definition) is 2. The molecule has 0 amide bonds. The molecule has 4 nitrogen and oxygen atoms in total. The summed E-state index contributed by atoms with van der Waals surface area (Å²) in [6.45, 7) is 0. The molecule has 1 aromatic heterocycles. The van der Waals surface area contributed by atoms with Crippen molar-refractivity contribution in [2.24, 2.45) is 5.73 Å². The number of nitrogens with one attached hydrogen (secondary N) is 1. The van der Waals surface area contributed by atoms with Gasteiger partial charge < -0.3 is 5.73 Å². The second-order valence-corrected chi connectivity index (χ2v) is 3.04. The number of imidazole rings is 1. The lowest BCUT2D eigenvalue weighted by molar-refractivity contribution is 0.626. The topological polar surface area (TPSA) is 67.7 Å². The van der Waals surface area contributed by atoms with Crippen LogP contribution < -0.4 is 5.73 Å². The number of nitrogens with two attached hydrogens (primary N) is 1. The van der Waals surface area contributed by atoms with Gasteiger partial charge >= 0.3 is 0 Å². The lowest BCUT2D eigenvalue weighted by Crippen LogP contribution is -2.15. The summed E-state index contributed by atoms with van der Waals surface area (Å²) < 4.78 is 14.5. The van der Waals surface area contributed by atoms with Crippen LogP contribution >= 0.6 is 0 Å². The minimum absolute atomic E-state index is 0.100. The van der Waals surface area contributed by atoms with E-state index in [-0.39, 0.29) is 11.7 Å². The molecule has 0 aliphatic heterocycles. The third kappa shape index (κ3) is 1.71. The summed E-state index contributed by atoms with van der Waals surface area (Å²) in [7, 11) is 0. The predicted molar refractivity (Wildman–Crippen MR) is 54.5 cm³/mol. The van der Waals surface area contributed by atoms with Crippen molar-refractivity contribution in [3.05, 3.63) is 48.3 Å². The summed E-state index contributed by atoms with van der Waals surface area (Å²) in [4.78, 5) is 3.87. The molecule has 0 saturated heterocycles. The van der Waals surface area contributed by atoms with Crippen LogP contribution in [0.2, 0.25) is 0 Å². The fraction of sp³-hybridized carbons (Fsp3) is 0. The Morgan fingerprint density at radius 2 is 2.27 bits per heavy atom. The van der Waals surface area contributed by atoms with E-state index in [1.807, 2.05) is 0 Å². The van der Waals surface area contributed by atoms with Gasteiger partial charge in [0.25, 0.3) is 0 Å². The van der Waals surface area contributed by atoms with Crippen LogP contribution in [0, 0.1) is 11.2 Å². The third-order valence-corrected chi connectivity index (χ3v) is 2.00. The summed E-state index contributed by atoms with van der Waals surface area (Å²) in [5.41, 5.74) is 6.40. The number of hydrogen-bond donors (Lipinski definition) is 2. The number of benzene rings is 1. The van der Waals surface area contributed by atoms with E-state index in [0.29, 0.717) is 11.4 Å². The molecule has 76 valence electrons. The van der Waals surface area contributed by atoms with E-state index < -0.39 is 0 Å². The summed E-state index contributed by atoms with van der Waals surface area (Å²) in [5, 5.41) is 7.32. The van der Waals surface area contributed by atoms with Crippen LogP contribution in [0.25, 0.3) is 5.69 Å². The minimum atomic E-state index is -0.337. The van der Waals surface area contributed by atoms with Crippen LogP contribution in [0.15, 0.2) is 36.8 Å². The maximum absolute atomic E-state index is 13.0. The molecule has 15 heavy (non-hydrogen) atoms. The van der Waals surface area contributed by atoms with Gasteiger partial charge in [-0.1, -0.05) is 6.07 Å². The first-order valence-corrected chi connectivity index (χ1v) is 4.31. The summed E-state index contributed by atoms with van der Waals surface area (Å²) in [5.74, 6) is -0.438. The van der Waals surface area contributed by atoms with Crippen LogP contribution in [-0.2, 0) is 0 Å². The molecular formula is C10H9FN4. The molecule has 3 N–H and O–H groups in total. The molecule has 0 spiro atoms. The van der Waals surface area contributed by atoms with Crippen molar-refractivity contribution < 1.29 is 4.39 Å². The fourth-order valence-electron chi connectivity index (χ4n) is 1.33. The zero-order chi connectivity index (χ0) is 10.8. The molecule has 2 rings (SSSR count). The van der Waals surface area contributed by atoms with Crippen molar-refractivity contribution >= 4 is 5.84 Å². The van der Waals surface area contributed by atoms with Gasteiger partial charge in [0, 0.05) is 0 Å². The molecule has 0 radical (unpaired) electrons. The van der Waals surface area contributed by atoms with Crippen LogP contribution in [-0.4, -0.2) is 15.4 Å². The number of aromatic nitrogens is 2. The molecule has 0 bridgehead atoms. The highest BCUT2D eigenvalue weighted by Gasteiger charge is 2.06. The van der Waals surface area contributed by atoms with Gasteiger partial charge in [0.05, 0.1) is 18.2 Å². The van der Waals surface area contributed by atoms with E-state index in [4.69, 9.17) is 11.1 Å². The Balaban J connectivity index is 2.54. The molecule has 0 saturated carbocycles. The Hall–Kier alpha value is -2.17. The van der Waals surface area contributed by atoms with Crippen LogP contribution in [0.4, 0.5) is 4.39 Å². The molecule has 2 aromatic rings. The fourth-order valence-corrected chi connectivity index (χ4v) is 1.33. The highest BCUT2D eigenvalue weighted by atomic mass is 19.1. The number of amidine groups is 1. The quantitative estimate of drug-likeness (QED) is 0.571. The number of rotatable bonds is 2. The molecule has 1 aromatic carbocycles. The van der Waals surface area contributed by atoms with Gasteiger partial charge in [0.15, 0.2) is 0 Å². The first kappa shape index (κ1) is 9.39. The molecule has 0 unspecified atom stereocenters. The predicted octanol–water partition coefficient (Wildman–Crippen LogP) is 1.30. The maximum Gasteiger partial charge on any atom is 0.141 e. The second kappa shape index (κ2) is 3.53. The average Bonchev–Trinajstić information content (AvgIpc) is 2.65. The van der Waals surface area contributed by atoms with Crippen LogP contribution in [0.3, 0.4) is 0 Å². The number of nitrogen functional groups attached to an aromatic ring is 1. The van der Waals surface area contributed by atoms with Crippen molar-refractivity contribution in [2.75, 3.05) is 0 Å². The molecule has 0 fully saturated rings. The maximum atomic E-state index is 13.0. The average molecular weight is 204 g/mol. The minimum Gasteiger partial charge on any atom is -0.382 e. The van der Waals surface area contributed by atoms with Gasteiger partial charge in [-0.2, -0.15) is 0 Å². The Morgan fingerprint density at radius 1 is 1.47 bits per heavy atom. The molecule has 0 aliphatic rings. The van der Waals surface area contributed by atoms with Crippen molar-refractivity contribution in [1.82, 2.24) is 9.55 Å². The van der Waals surface area contributed by atoms with Crippen LogP contribution in [0.1, 0.15) is 5.69 Å². The zero-order valence-corrected chi connectivity index (χ0v) is 7.81. The second-order valence-electron chi connectivity index (χ2n) is 3.04. The zero-order valence-electron chi connectivity index (χ0n) is 7.81.